The fourth-order valence-electron chi connectivity index (χ4n) is 2.95. The Bertz CT molecular complexity index is 493. The second-order valence-electron chi connectivity index (χ2n) is 6.24. The van der Waals surface area contributed by atoms with Crippen molar-refractivity contribution in [2.45, 2.75) is 26.2 Å². The van der Waals surface area contributed by atoms with E-state index in [1.807, 2.05) is 18.2 Å². The molecule has 23 heavy (non-hydrogen) atoms. The molecule has 0 saturated carbocycles. The number of piperidine rings is 1. The summed E-state index contributed by atoms with van der Waals surface area (Å²) in [6.45, 7) is 5.98. The van der Waals surface area contributed by atoms with E-state index in [-0.39, 0.29) is 11.3 Å². The lowest BCUT2D eigenvalue weighted by Crippen LogP contribution is -2.47. The van der Waals surface area contributed by atoms with Crippen LogP contribution in [0.5, 0.6) is 5.75 Å². The van der Waals surface area contributed by atoms with Crippen molar-refractivity contribution >= 4 is 5.91 Å². The van der Waals surface area contributed by atoms with E-state index in [0.29, 0.717) is 25.3 Å². The highest BCUT2D eigenvalue weighted by molar-refractivity contribution is 5.94. The van der Waals surface area contributed by atoms with Gasteiger partial charge in [0.25, 0.3) is 5.91 Å². The SMILES string of the molecule is CCCOc1cccc(C(=O)NCC2(COC)CCNCC2)c1. The predicted octanol–water partition coefficient (Wildman–Crippen LogP) is 2.22. The molecular formula is C18H28N2O3. The molecule has 1 saturated heterocycles. The highest BCUT2D eigenvalue weighted by Crippen LogP contribution is 2.28. The number of benzene rings is 1. The topological polar surface area (TPSA) is 59.6 Å². The molecule has 1 aliphatic rings. The maximum absolute atomic E-state index is 12.4. The largest absolute Gasteiger partial charge is 0.494 e. The molecule has 5 heteroatoms. The molecule has 1 amide bonds. The molecule has 0 atom stereocenters. The molecule has 0 aliphatic carbocycles. The zero-order valence-corrected chi connectivity index (χ0v) is 14.2. The third-order valence-corrected chi connectivity index (χ3v) is 4.31. The van der Waals surface area contributed by atoms with Crippen LogP contribution in [0.15, 0.2) is 24.3 Å². The number of carbonyl (C=O) groups excluding carboxylic acids is 1. The van der Waals surface area contributed by atoms with Gasteiger partial charge >= 0.3 is 0 Å². The third kappa shape index (κ3) is 5.22. The highest BCUT2D eigenvalue weighted by atomic mass is 16.5. The smallest absolute Gasteiger partial charge is 0.251 e. The van der Waals surface area contributed by atoms with Crippen LogP contribution in [0.1, 0.15) is 36.5 Å². The third-order valence-electron chi connectivity index (χ3n) is 4.31. The highest BCUT2D eigenvalue weighted by Gasteiger charge is 2.32. The molecule has 5 nitrogen and oxygen atoms in total. The first-order valence-electron chi connectivity index (χ1n) is 8.40. The summed E-state index contributed by atoms with van der Waals surface area (Å²) in [6.07, 6.45) is 2.98. The van der Waals surface area contributed by atoms with Crippen LogP contribution in [0.25, 0.3) is 0 Å². The van der Waals surface area contributed by atoms with Crippen LogP contribution >= 0.6 is 0 Å². The minimum atomic E-state index is -0.0547. The molecule has 2 N–H and O–H groups in total. The molecule has 1 aromatic carbocycles. The van der Waals surface area contributed by atoms with Crippen LogP contribution in [0, 0.1) is 5.41 Å². The van der Waals surface area contributed by atoms with E-state index in [4.69, 9.17) is 9.47 Å². The van der Waals surface area contributed by atoms with E-state index in [1.54, 1.807) is 13.2 Å². The quantitative estimate of drug-likeness (QED) is 0.771. The molecule has 1 fully saturated rings. The van der Waals surface area contributed by atoms with Gasteiger partial charge in [-0.05, 0) is 50.6 Å². The zero-order chi connectivity index (χ0) is 16.5. The average Bonchev–Trinajstić information content (AvgIpc) is 2.59. The van der Waals surface area contributed by atoms with Crippen molar-refractivity contribution < 1.29 is 14.3 Å². The molecule has 0 aromatic heterocycles. The summed E-state index contributed by atoms with van der Waals surface area (Å²) < 4.78 is 11.0. The number of hydrogen-bond donors (Lipinski definition) is 2. The van der Waals surface area contributed by atoms with E-state index in [9.17, 15) is 4.79 Å². The normalized spacial score (nSPS) is 16.8. The molecule has 2 rings (SSSR count). The predicted molar refractivity (Wildman–Crippen MR) is 91.0 cm³/mol. The number of carbonyl (C=O) groups is 1. The summed E-state index contributed by atoms with van der Waals surface area (Å²) in [4.78, 5) is 12.4. The summed E-state index contributed by atoms with van der Waals surface area (Å²) >= 11 is 0. The van der Waals surface area contributed by atoms with Crippen molar-refractivity contribution in [1.29, 1.82) is 0 Å². The van der Waals surface area contributed by atoms with Gasteiger partial charge in [-0.2, -0.15) is 0 Å². The Morgan fingerprint density at radius 3 is 2.83 bits per heavy atom. The fourth-order valence-corrected chi connectivity index (χ4v) is 2.95. The summed E-state index contributed by atoms with van der Waals surface area (Å²) in [6, 6.07) is 7.36. The molecule has 1 heterocycles. The van der Waals surface area contributed by atoms with Crippen molar-refractivity contribution in [3.05, 3.63) is 29.8 Å². The van der Waals surface area contributed by atoms with Gasteiger partial charge in [0.1, 0.15) is 5.75 Å². The van der Waals surface area contributed by atoms with E-state index in [2.05, 4.69) is 17.6 Å². The van der Waals surface area contributed by atoms with Gasteiger partial charge in [-0.15, -0.1) is 0 Å². The molecule has 1 aromatic rings. The van der Waals surface area contributed by atoms with E-state index < -0.39 is 0 Å². The second kappa shape index (κ2) is 8.89. The first kappa shape index (κ1) is 17.8. The van der Waals surface area contributed by atoms with Gasteiger partial charge < -0.3 is 20.1 Å². The van der Waals surface area contributed by atoms with Crippen LogP contribution in [0.2, 0.25) is 0 Å². The Labute approximate surface area is 138 Å². The molecule has 1 aliphatic heterocycles. The van der Waals surface area contributed by atoms with Gasteiger partial charge in [0.05, 0.1) is 13.2 Å². The van der Waals surface area contributed by atoms with Crippen LogP contribution in [-0.2, 0) is 4.74 Å². The number of nitrogens with one attached hydrogen (secondary N) is 2. The monoisotopic (exact) mass is 320 g/mol. The first-order chi connectivity index (χ1) is 11.2. The first-order valence-corrected chi connectivity index (χ1v) is 8.40. The standard InChI is InChI=1S/C18H28N2O3/c1-3-11-23-16-6-4-5-15(12-16)17(21)20-13-18(14-22-2)7-9-19-10-8-18/h4-6,12,19H,3,7-11,13-14H2,1-2H3,(H,20,21). The van der Waals surface area contributed by atoms with Crippen molar-refractivity contribution in [2.75, 3.05) is 40.0 Å². The average molecular weight is 320 g/mol. The summed E-state index contributed by atoms with van der Waals surface area (Å²) in [5.74, 6) is 0.689. The Balaban J connectivity index is 1.95. The summed E-state index contributed by atoms with van der Waals surface area (Å²) in [5, 5.41) is 6.43. The fraction of sp³-hybridized carbons (Fsp3) is 0.611. The Morgan fingerprint density at radius 2 is 2.13 bits per heavy atom. The molecule has 0 unspecified atom stereocenters. The Hall–Kier alpha value is -1.59. The minimum Gasteiger partial charge on any atom is -0.494 e. The Kier molecular flexibility index (Phi) is 6.86. The van der Waals surface area contributed by atoms with Gasteiger partial charge in [-0.3, -0.25) is 4.79 Å². The Morgan fingerprint density at radius 1 is 1.35 bits per heavy atom. The van der Waals surface area contributed by atoms with Crippen molar-refractivity contribution in [2.24, 2.45) is 5.41 Å². The van der Waals surface area contributed by atoms with Crippen LogP contribution in [0.3, 0.4) is 0 Å². The lowest BCUT2D eigenvalue weighted by molar-refractivity contribution is 0.0511. The zero-order valence-electron chi connectivity index (χ0n) is 14.2. The molecular weight excluding hydrogens is 292 g/mol. The maximum Gasteiger partial charge on any atom is 0.251 e. The summed E-state index contributed by atoms with van der Waals surface area (Å²) in [7, 11) is 1.72. The summed E-state index contributed by atoms with van der Waals surface area (Å²) in [5.41, 5.74) is 0.673. The van der Waals surface area contributed by atoms with Gasteiger partial charge in [-0.1, -0.05) is 13.0 Å². The lowest BCUT2D eigenvalue weighted by Gasteiger charge is -2.37. The maximum atomic E-state index is 12.4. The van der Waals surface area contributed by atoms with Gasteiger partial charge in [0.15, 0.2) is 0 Å². The number of rotatable bonds is 8. The van der Waals surface area contributed by atoms with Crippen molar-refractivity contribution in [3.63, 3.8) is 0 Å². The van der Waals surface area contributed by atoms with E-state index >= 15 is 0 Å². The van der Waals surface area contributed by atoms with Gasteiger partial charge in [-0.25, -0.2) is 0 Å². The molecule has 0 spiro atoms. The van der Waals surface area contributed by atoms with Crippen LogP contribution in [0.4, 0.5) is 0 Å². The minimum absolute atomic E-state index is 0.0337. The van der Waals surface area contributed by atoms with E-state index in [0.717, 1.165) is 38.1 Å². The van der Waals surface area contributed by atoms with Gasteiger partial charge in [0, 0.05) is 24.6 Å². The van der Waals surface area contributed by atoms with Crippen molar-refractivity contribution in [3.8, 4) is 5.75 Å². The number of hydrogen-bond acceptors (Lipinski definition) is 4. The molecule has 0 bridgehead atoms. The number of methoxy groups -OCH3 is 1. The van der Waals surface area contributed by atoms with E-state index in [1.165, 1.54) is 0 Å². The number of amides is 1. The van der Waals surface area contributed by atoms with Gasteiger partial charge in [0.2, 0.25) is 0 Å². The van der Waals surface area contributed by atoms with Crippen molar-refractivity contribution in [1.82, 2.24) is 10.6 Å². The van der Waals surface area contributed by atoms with Crippen LogP contribution in [-0.4, -0.2) is 45.9 Å². The molecule has 128 valence electrons. The second-order valence-corrected chi connectivity index (χ2v) is 6.24. The number of ether oxygens (including phenoxy) is 2. The molecule has 0 radical (unpaired) electrons. The lowest BCUT2D eigenvalue weighted by atomic mass is 9.79. The van der Waals surface area contributed by atoms with Crippen LogP contribution < -0.4 is 15.4 Å².